The summed E-state index contributed by atoms with van der Waals surface area (Å²) in [7, 11) is 1.63. The fourth-order valence-electron chi connectivity index (χ4n) is 3.61. The molecule has 0 radical (unpaired) electrons. The van der Waals surface area contributed by atoms with Crippen LogP contribution in [0.5, 0.6) is 0 Å². The number of aliphatic imine (C=N–C) groups is 1. The number of rotatable bonds is 6. The summed E-state index contributed by atoms with van der Waals surface area (Å²) in [6, 6.07) is 14.6. The van der Waals surface area contributed by atoms with Gasteiger partial charge in [0.05, 0.1) is 5.02 Å². The third-order valence-corrected chi connectivity index (χ3v) is 5.94. The lowest BCUT2D eigenvalue weighted by atomic mass is 9.97. The molecule has 0 spiro atoms. The van der Waals surface area contributed by atoms with Crippen LogP contribution in [0.4, 0.5) is 10.5 Å². The first-order valence-electron chi connectivity index (χ1n) is 10.7. The zero-order chi connectivity index (χ0) is 22.9. The van der Waals surface area contributed by atoms with Crippen LogP contribution in [0.3, 0.4) is 0 Å². The van der Waals surface area contributed by atoms with Crippen molar-refractivity contribution in [2.75, 3.05) is 32.0 Å². The number of nitrogens with zero attached hydrogens (tertiary/aromatic N) is 2. The molecule has 2 aromatic rings. The molecule has 1 heterocycles. The summed E-state index contributed by atoms with van der Waals surface area (Å²) in [4.78, 5) is 19.4. The summed E-state index contributed by atoms with van der Waals surface area (Å²) in [6.45, 7) is 4.40. The molecule has 0 atom stereocenters. The summed E-state index contributed by atoms with van der Waals surface area (Å²) in [5, 5.41) is 10.7. The number of carbonyl (C=O) groups is 1. The predicted octanol–water partition coefficient (Wildman–Crippen LogP) is 5.35. The highest BCUT2D eigenvalue weighted by molar-refractivity contribution is 6.35. The first-order valence-corrected chi connectivity index (χ1v) is 11.5. The molecule has 2 amide bonds. The SMILES string of the molecule is C/C=C(/N=C(\Nc1ccc(Cl)cc1)c1ccccc1Cl)N(CC1CCNCC1)C(=O)NC. The van der Waals surface area contributed by atoms with Gasteiger partial charge < -0.3 is 16.0 Å². The van der Waals surface area contributed by atoms with Crippen molar-refractivity contribution in [3.63, 3.8) is 0 Å². The largest absolute Gasteiger partial charge is 0.341 e. The fourth-order valence-corrected chi connectivity index (χ4v) is 3.96. The van der Waals surface area contributed by atoms with Crippen molar-refractivity contribution in [2.45, 2.75) is 19.8 Å². The molecule has 1 fully saturated rings. The van der Waals surface area contributed by atoms with Crippen molar-refractivity contribution in [3.05, 3.63) is 76.0 Å². The van der Waals surface area contributed by atoms with Gasteiger partial charge in [0.2, 0.25) is 0 Å². The van der Waals surface area contributed by atoms with Gasteiger partial charge in [-0.2, -0.15) is 0 Å². The average molecular weight is 474 g/mol. The van der Waals surface area contributed by atoms with Crippen LogP contribution in [0.1, 0.15) is 25.3 Å². The van der Waals surface area contributed by atoms with Gasteiger partial charge in [-0.25, -0.2) is 9.79 Å². The molecular weight excluding hydrogens is 445 g/mol. The van der Waals surface area contributed by atoms with E-state index in [2.05, 4.69) is 16.0 Å². The van der Waals surface area contributed by atoms with E-state index < -0.39 is 0 Å². The Morgan fingerprint density at radius 2 is 1.84 bits per heavy atom. The number of amidine groups is 1. The van der Waals surface area contributed by atoms with Crippen molar-refractivity contribution in [2.24, 2.45) is 10.9 Å². The lowest BCUT2D eigenvalue weighted by molar-refractivity contribution is 0.198. The summed E-state index contributed by atoms with van der Waals surface area (Å²) >= 11 is 12.5. The van der Waals surface area contributed by atoms with E-state index in [0.29, 0.717) is 34.2 Å². The van der Waals surface area contributed by atoms with Crippen LogP contribution in [0.2, 0.25) is 10.0 Å². The number of allylic oxidation sites excluding steroid dienone is 1. The number of nitrogens with one attached hydrogen (secondary N) is 3. The Kier molecular flexibility index (Phi) is 8.97. The molecule has 0 aromatic heterocycles. The molecular formula is C24H29Cl2N5O. The molecule has 3 rings (SSSR count). The van der Waals surface area contributed by atoms with E-state index in [1.54, 1.807) is 24.1 Å². The van der Waals surface area contributed by atoms with Crippen LogP contribution in [0.15, 0.2) is 65.4 Å². The standard InChI is InChI=1S/C24H29Cl2N5O/c1-3-22(31(24(32)27-2)16-17-12-14-28-15-13-17)30-23(20-6-4-5-7-21(20)26)29-19-10-8-18(25)9-11-19/h3-11,17,28H,12-16H2,1-2H3,(H,27,32)(H,29,30)/b22-3-. The van der Waals surface area contributed by atoms with Crippen LogP contribution < -0.4 is 16.0 Å². The minimum absolute atomic E-state index is 0.189. The van der Waals surface area contributed by atoms with E-state index in [-0.39, 0.29) is 6.03 Å². The van der Waals surface area contributed by atoms with Gasteiger partial charge in [-0.05, 0) is 81.2 Å². The molecule has 0 saturated carbocycles. The van der Waals surface area contributed by atoms with E-state index in [4.69, 9.17) is 28.2 Å². The average Bonchev–Trinajstić information content (AvgIpc) is 2.82. The lowest BCUT2D eigenvalue weighted by Gasteiger charge is -2.30. The molecule has 0 unspecified atom stereocenters. The molecule has 1 aliphatic heterocycles. The fraction of sp³-hybridized carbons (Fsp3) is 0.333. The van der Waals surface area contributed by atoms with Crippen molar-refractivity contribution >= 4 is 40.8 Å². The summed E-state index contributed by atoms with van der Waals surface area (Å²) in [5.74, 6) is 1.51. The molecule has 170 valence electrons. The van der Waals surface area contributed by atoms with E-state index in [1.165, 1.54) is 0 Å². The van der Waals surface area contributed by atoms with Gasteiger partial charge >= 0.3 is 6.03 Å². The van der Waals surface area contributed by atoms with E-state index in [0.717, 1.165) is 37.2 Å². The Hall–Kier alpha value is -2.54. The zero-order valence-corrected chi connectivity index (χ0v) is 19.9. The molecule has 6 nitrogen and oxygen atoms in total. The summed E-state index contributed by atoms with van der Waals surface area (Å²) in [6.07, 6.45) is 3.89. The smallest absolute Gasteiger partial charge is 0.322 e. The van der Waals surface area contributed by atoms with Gasteiger partial charge in [0.1, 0.15) is 11.7 Å². The number of benzene rings is 2. The summed E-state index contributed by atoms with van der Waals surface area (Å²) < 4.78 is 0. The highest BCUT2D eigenvalue weighted by Gasteiger charge is 2.23. The maximum Gasteiger partial charge on any atom is 0.322 e. The minimum Gasteiger partial charge on any atom is -0.341 e. The number of hydrogen-bond donors (Lipinski definition) is 3. The van der Waals surface area contributed by atoms with E-state index in [1.807, 2.05) is 49.4 Å². The zero-order valence-electron chi connectivity index (χ0n) is 18.4. The van der Waals surface area contributed by atoms with Crippen LogP contribution in [-0.2, 0) is 0 Å². The molecule has 2 aromatic carbocycles. The van der Waals surface area contributed by atoms with Crippen molar-refractivity contribution < 1.29 is 4.79 Å². The van der Waals surface area contributed by atoms with Crippen LogP contribution in [0, 0.1) is 5.92 Å². The van der Waals surface area contributed by atoms with Crippen molar-refractivity contribution in [1.82, 2.24) is 15.5 Å². The first-order chi connectivity index (χ1) is 15.5. The van der Waals surface area contributed by atoms with Gasteiger partial charge in [0.15, 0.2) is 0 Å². The van der Waals surface area contributed by atoms with E-state index >= 15 is 0 Å². The van der Waals surface area contributed by atoms with Crippen molar-refractivity contribution in [3.8, 4) is 0 Å². The molecule has 1 saturated heterocycles. The number of hydrogen-bond acceptors (Lipinski definition) is 3. The van der Waals surface area contributed by atoms with Crippen molar-refractivity contribution in [1.29, 1.82) is 0 Å². The Morgan fingerprint density at radius 3 is 2.47 bits per heavy atom. The van der Waals surface area contributed by atoms with Crippen LogP contribution >= 0.6 is 23.2 Å². The first kappa shape index (κ1) is 24.1. The number of piperidine rings is 1. The van der Waals surface area contributed by atoms with Gasteiger partial charge in [-0.3, -0.25) is 4.90 Å². The Labute approximate surface area is 199 Å². The second-order valence-corrected chi connectivity index (χ2v) is 8.42. The normalized spacial score (nSPS) is 15.4. The molecule has 1 aliphatic rings. The quantitative estimate of drug-likeness (QED) is 0.390. The molecule has 0 bridgehead atoms. The Balaban J connectivity index is 1.98. The third-order valence-electron chi connectivity index (χ3n) is 5.36. The number of halogens is 2. The van der Waals surface area contributed by atoms with Gasteiger partial charge in [-0.1, -0.05) is 35.3 Å². The molecule has 3 N–H and O–H groups in total. The topological polar surface area (TPSA) is 68.8 Å². The molecule has 8 heteroatoms. The van der Waals surface area contributed by atoms with Gasteiger partial charge in [0, 0.05) is 29.9 Å². The monoisotopic (exact) mass is 473 g/mol. The maximum atomic E-state index is 12.8. The highest BCUT2D eigenvalue weighted by Crippen LogP contribution is 2.22. The Bertz CT molecular complexity index is 969. The number of carbonyl (C=O) groups excluding carboxylic acids is 1. The second kappa shape index (κ2) is 11.9. The summed E-state index contributed by atoms with van der Waals surface area (Å²) in [5.41, 5.74) is 1.55. The second-order valence-electron chi connectivity index (χ2n) is 7.58. The Morgan fingerprint density at radius 1 is 1.16 bits per heavy atom. The minimum atomic E-state index is -0.189. The van der Waals surface area contributed by atoms with Crippen LogP contribution in [0.25, 0.3) is 0 Å². The number of urea groups is 1. The van der Waals surface area contributed by atoms with Gasteiger partial charge in [-0.15, -0.1) is 0 Å². The predicted molar refractivity (Wildman–Crippen MR) is 134 cm³/mol. The number of anilines is 1. The highest BCUT2D eigenvalue weighted by atomic mass is 35.5. The van der Waals surface area contributed by atoms with E-state index in [9.17, 15) is 4.79 Å². The molecule has 32 heavy (non-hydrogen) atoms. The number of amides is 2. The lowest BCUT2D eigenvalue weighted by Crippen LogP contribution is -2.42. The van der Waals surface area contributed by atoms with Gasteiger partial charge in [0.25, 0.3) is 0 Å². The van der Waals surface area contributed by atoms with Crippen LogP contribution in [-0.4, -0.2) is 43.4 Å². The maximum absolute atomic E-state index is 12.8. The third kappa shape index (κ3) is 6.48. The molecule has 0 aliphatic carbocycles.